The summed E-state index contributed by atoms with van der Waals surface area (Å²) in [4.78, 5) is 31.1. The minimum atomic E-state index is 0. The van der Waals surface area contributed by atoms with Gasteiger partial charge in [-0.1, -0.05) is 0 Å². The van der Waals surface area contributed by atoms with Crippen LogP contribution in [0.5, 0.6) is 0 Å². The fourth-order valence-electron chi connectivity index (χ4n) is 2.07. The first-order valence-corrected chi connectivity index (χ1v) is 7.54. The quantitative estimate of drug-likeness (QED) is 0.364. The maximum Gasteiger partial charge on any atom is 0.244 e. The number of aliphatic imine (C=N–C) groups is 1. The number of carbonyl (C=O) groups is 2. The Labute approximate surface area is 149 Å². The smallest absolute Gasteiger partial charge is 0.244 e. The van der Waals surface area contributed by atoms with Gasteiger partial charge in [-0.05, 0) is 19.8 Å². The summed E-state index contributed by atoms with van der Waals surface area (Å²) in [5.41, 5.74) is 0. The summed E-state index contributed by atoms with van der Waals surface area (Å²) >= 11 is 0. The van der Waals surface area contributed by atoms with Crippen molar-refractivity contribution in [3.05, 3.63) is 0 Å². The normalized spacial score (nSPS) is 14.3. The predicted octanol–water partition coefficient (Wildman–Crippen LogP) is 0.260. The van der Waals surface area contributed by atoms with Crippen LogP contribution in [0.4, 0.5) is 0 Å². The molecule has 7 nitrogen and oxygen atoms in total. The Balaban J connectivity index is 0.00000441. The number of nitrogens with one attached hydrogen (secondary N) is 2. The molecule has 1 rings (SSSR count). The van der Waals surface area contributed by atoms with Crippen molar-refractivity contribution in [3.63, 3.8) is 0 Å². The largest absolute Gasteiger partial charge is 0.357 e. The fourth-order valence-corrected chi connectivity index (χ4v) is 2.07. The molecule has 1 fully saturated rings. The molecule has 2 amide bonds. The van der Waals surface area contributed by atoms with Crippen LogP contribution >= 0.6 is 24.0 Å². The highest BCUT2D eigenvalue weighted by Crippen LogP contribution is 2.07. The van der Waals surface area contributed by atoms with Gasteiger partial charge in [0.25, 0.3) is 0 Å². The summed E-state index contributed by atoms with van der Waals surface area (Å²) in [6, 6.07) is 0. The second-order valence-electron chi connectivity index (χ2n) is 5.25. The highest BCUT2D eigenvalue weighted by Gasteiger charge is 2.17. The number of likely N-dealkylation sites (tertiary alicyclic amines) is 1. The molecule has 22 heavy (non-hydrogen) atoms. The molecular formula is C14H28IN5O2. The van der Waals surface area contributed by atoms with Crippen LogP contribution in [0.15, 0.2) is 4.99 Å². The molecular weight excluding hydrogens is 397 g/mol. The maximum atomic E-state index is 11.9. The molecule has 0 aliphatic carbocycles. The van der Waals surface area contributed by atoms with E-state index in [0.717, 1.165) is 25.9 Å². The molecule has 0 bridgehead atoms. The van der Waals surface area contributed by atoms with Gasteiger partial charge in [-0.3, -0.25) is 9.59 Å². The molecule has 0 aromatic heterocycles. The lowest BCUT2D eigenvalue weighted by molar-refractivity contribution is -0.129. The van der Waals surface area contributed by atoms with Gasteiger partial charge in [0.2, 0.25) is 11.8 Å². The number of nitrogens with zero attached hydrogens (tertiary/aromatic N) is 3. The molecule has 0 radical (unpaired) electrons. The number of carbonyl (C=O) groups excluding carboxylic acids is 2. The summed E-state index contributed by atoms with van der Waals surface area (Å²) in [7, 11) is 3.46. The van der Waals surface area contributed by atoms with Gasteiger partial charge in [-0.2, -0.15) is 0 Å². The average Bonchev–Trinajstić information content (AvgIpc) is 2.98. The lowest BCUT2D eigenvalue weighted by Crippen LogP contribution is -2.40. The van der Waals surface area contributed by atoms with Crippen LogP contribution in [0.1, 0.15) is 26.2 Å². The van der Waals surface area contributed by atoms with Crippen LogP contribution in [0.3, 0.4) is 0 Å². The SMILES string of the molecule is CCNC(=NCC(=O)N1CCCC1)NCCC(=O)N(C)C.I. The van der Waals surface area contributed by atoms with Crippen molar-refractivity contribution in [2.45, 2.75) is 26.2 Å². The number of halogens is 1. The van der Waals surface area contributed by atoms with Crippen LogP contribution in [-0.4, -0.2) is 74.4 Å². The van der Waals surface area contributed by atoms with Gasteiger partial charge in [0.1, 0.15) is 6.54 Å². The lowest BCUT2D eigenvalue weighted by Gasteiger charge is -2.15. The Morgan fingerprint density at radius 3 is 2.36 bits per heavy atom. The van der Waals surface area contributed by atoms with Crippen molar-refractivity contribution in [1.29, 1.82) is 0 Å². The fraction of sp³-hybridized carbons (Fsp3) is 0.786. The van der Waals surface area contributed by atoms with Gasteiger partial charge in [0.15, 0.2) is 5.96 Å². The monoisotopic (exact) mass is 425 g/mol. The predicted molar refractivity (Wildman–Crippen MR) is 98.5 cm³/mol. The Bertz CT molecular complexity index is 381. The third kappa shape index (κ3) is 7.81. The zero-order chi connectivity index (χ0) is 15.7. The number of amides is 2. The molecule has 1 saturated heterocycles. The molecule has 0 atom stereocenters. The van der Waals surface area contributed by atoms with E-state index >= 15 is 0 Å². The summed E-state index contributed by atoms with van der Waals surface area (Å²) in [5, 5.41) is 6.15. The van der Waals surface area contributed by atoms with Crippen molar-refractivity contribution in [2.24, 2.45) is 4.99 Å². The first-order valence-electron chi connectivity index (χ1n) is 7.54. The Morgan fingerprint density at radius 1 is 1.18 bits per heavy atom. The Morgan fingerprint density at radius 2 is 1.82 bits per heavy atom. The van der Waals surface area contributed by atoms with Crippen molar-refractivity contribution in [3.8, 4) is 0 Å². The van der Waals surface area contributed by atoms with Crippen LogP contribution in [0, 0.1) is 0 Å². The highest BCUT2D eigenvalue weighted by molar-refractivity contribution is 14.0. The van der Waals surface area contributed by atoms with Crippen LogP contribution in [-0.2, 0) is 9.59 Å². The number of rotatable bonds is 6. The van der Waals surface area contributed by atoms with Gasteiger partial charge in [-0.15, -0.1) is 24.0 Å². The molecule has 2 N–H and O–H groups in total. The van der Waals surface area contributed by atoms with Crippen LogP contribution in [0.2, 0.25) is 0 Å². The van der Waals surface area contributed by atoms with Crippen molar-refractivity contribution in [1.82, 2.24) is 20.4 Å². The van der Waals surface area contributed by atoms with E-state index in [2.05, 4.69) is 15.6 Å². The zero-order valence-electron chi connectivity index (χ0n) is 13.7. The van der Waals surface area contributed by atoms with Gasteiger partial charge in [0, 0.05) is 46.7 Å². The topological polar surface area (TPSA) is 77.0 Å². The van der Waals surface area contributed by atoms with E-state index in [0.29, 0.717) is 25.5 Å². The van der Waals surface area contributed by atoms with E-state index in [4.69, 9.17) is 0 Å². The molecule has 0 spiro atoms. The molecule has 1 heterocycles. The molecule has 0 aromatic carbocycles. The molecule has 0 aromatic rings. The summed E-state index contributed by atoms with van der Waals surface area (Å²) in [6.45, 7) is 5.01. The van der Waals surface area contributed by atoms with Crippen molar-refractivity contribution < 1.29 is 9.59 Å². The van der Waals surface area contributed by atoms with Crippen LogP contribution < -0.4 is 10.6 Å². The summed E-state index contributed by atoms with van der Waals surface area (Å²) in [6.07, 6.45) is 2.57. The van der Waals surface area contributed by atoms with Gasteiger partial charge < -0.3 is 20.4 Å². The molecule has 8 heteroatoms. The van der Waals surface area contributed by atoms with E-state index in [-0.39, 0.29) is 42.3 Å². The summed E-state index contributed by atoms with van der Waals surface area (Å²) < 4.78 is 0. The van der Waals surface area contributed by atoms with Gasteiger partial charge in [0.05, 0.1) is 0 Å². The second kappa shape index (κ2) is 11.5. The molecule has 0 saturated carbocycles. The van der Waals surface area contributed by atoms with Crippen molar-refractivity contribution >= 4 is 41.8 Å². The third-order valence-corrected chi connectivity index (χ3v) is 3.31. The maximum absolute atomic E-state index is 11.9. The van der Waals surface area contributed by atoms with Crippen LogP contribution in [0.25, 0.3) is 0 Å². The van der Waals surface area contributed by atoms with E-state index < -0.39 is 0 Å². The van der Waals surface area contributed by atoms with Crippen molar-refractivity contribution in [2.75, 3.05) is 46.8 Å². The second-order valence-corrected chi connectivity index (χ2v) is 5.25. The first-order chi connectivity index (χ1) is 10.0. The van der Waals surface area contributed by atoms with Gasteiger partial charge >= 0.3 is 0 Å². The summed E-state index contributed by atoms with van der Waals surface area (Å²) in [5.74, 6) is 0.706. The van der Waals surface area contributed by atoms with E-state index in [1.165, 1.54) is 0 Å². The van der Waals surface area contributed by atoms with E-state index in [1.54, 1.807) is 19.0 Å². The highest BCUT2D eigenvalue weighted by atomic mass is 127. The standard InChI is InChI=1S/C14H27N5O2.HI/c1-4-15-14(16-8-7-12(20)18(2)3)17-11-13(21)19-9-5-6-10-19;/h4-11H2,1-3H3,(H2,15,16,17);1H. The first kappa shape index (κ1) is 20.9. The molecule has 0 unspecified atom stereocenters. The third-order valence-electron chi connectivity index (χ3n) is 3.31. The van der Waals surface area contributed by atoms with E-state index in [1.807, 2.05) is 11.8 Å². The molecule has 128 valence electrons. The minimum absolute atomic E-state index is 0. The van der Waals surface area contributed by atoms with E-state index in [9.17, 15) is 9.59 Å². The number of guanidine groups is 1. The lowest BCUT2D eigenvalue weighted by atomic mass is 10.4. The average molecular weight is 425 g/mol. The molecule has 1 aliphatic heterocycles. The molecule has 1 aliphatic rings. The Hall–Kier alpha value is -1.06. The Kier molecular flexibility index (Phi) is 10.9. The minimum Gasteiger partial charge on any atom is -0.357 e. The number of hydrogen-bond acceptors (Lipinski definition) is 3. The zero-order valence-corrected chi connectivity index (χ0v) is 16.1. The van der Waals surface area contributed by atoms with Gasteiger partial charge in [-0.25, -0.2) is 4.99 Å². The number of hydrogen-bond donors (Lipinski definition) is 2.